The molecule has 0 aliphatic rings. The Labute approximate surface area is 78.1 Å². The molecular formula is H2MgMnNiZn. The SMILES string of the molecule is [H-].[H-].[Mg+2].[Mn].[Ni].[Zn]. The summed E-state index contributed by atoms with van der Waals surface area (Å²) in [5, 5.41) is 0. The van der Waals surface area contributed by atoms with Crippen molar-refractivity contribution in [1.82, 2.24) is 0 Å². The summed E-state index contributed by atoms with van der Waals surface area (Å²) in [6.07, 6.45) is 0. The number of hydrogen-bond donors (Lipinski definition) is 0. The van der Waals surface area contributed by atoms with Crippen LogP contribution in [-0.4, -0.2) is 23.1 Å². The Morgan fingerprint density at radius 1 is 1.25 bits per heavy atom. The van der Waals surface area contributed by atoms with Crippen molar-refractivity contribution >= 4 is 23.1 Å². The van der Waals surface area contributed by atoms with E-state index in [0.717, 1.165) is 0 Å². The van der Waals surface area contributed by atoms with Gasteiger partial charge in [0.25, 0.3) is 0 Å². The van der Waals surface area contributed by atoms with Gasteiger partial charge in [0.1, 0.15) is 0 Å². The molecule has 0 atom stereocenters. The summed E-state index contributed by atoms with van der Waals surface area (Å²) >= 11 is 0. The van der Waals surface area contributed by atoms with Crippen molar-refractivity contribution in [2.45, 2.75) is 0 Å². The topological polar surface area (TPSA) is 0 Å². The minimum atomic E-state index is 0. The molecule has 0 heterocycles. The summed E-state index contributed by atoms with van der Waals surface area (Å²) in [6, 6.07) is 0. The van der Waals surface area contributed by atoms with Gasteiger partial charge in [-0.3, -0.25) is 0 Å². The van der Waals surface area contributed by atoms with Gasteiger partial charge in [0, 0.05) is 53.0 Å². The fraction of sp³-hybridized carbons (Fsp3) is 0. The first-order chi connectivity index (χ1) is 0. The molecule has 0 N–H and O–H groups in total. The van der Waals surface area contributed by atoms with Gasteiger partial charge in [-0.05, 0) is 0 Å². The molecular weight excluding hydrogens is 203 g/mol. The van der Waals surface area contributed by atoms with Crippen molar-refractivity contribution in [2.24, 2.45) is 0 Å². The van der Waals surface area contributed by atoms with Gasteiger partial charge in [-0.25, -0.2) is 0 Å². The van der Waals surface area contributed by atoms with E-state index in [1.54, 1.807) is 0 Å². The third-order valence-electron chi connectivity index (χ3n) is 0. The van der Waals surface area contributed by atoms with Gasteiger partial charge in [-0.15, -0.1) is 0 Å². The average molecular weight is 205 g/mol. The molecule has 0 aliphatic heterocycles. The number of hydrogen-bond acceptors (Lipinski definition) is 0. The zero-order chi connectivity index (χ0) is 0. The van der Waals surface area contributed by atoms with Crippen LogP contribution < -0.4 is 0 Å². The van der Waals surface area contributed by atoms with E-state index in [1.807, 2.05) is 0 Å². The summed E-state index contributed by atoms with van der Waals surface area (Å²) in [6.45, 7) is 0. The maximum Gasteiger partial charge on any atom is 2.00 e. The molecule has 0 spiro atoms. The molecule has 4 heavy (non-hydrogen) atoms. The van der Waals surface area contributed by atoms with Crippen molar-refractivity contribution < 1.29 is 55.9 Å². The summed E-state index contributed by atoms with van der Waals surface area (Å²) in [5.41, 5.74) is 0. The summed E-state index contributed by atoms with van der Waals surface area (Å²) < 4.78 is 0. The van der Waals surface area contributed by atoms with Crippen LogP contribution in [-0.2, 0) is 53.0 Å². The molecule has 0 amide bonds. The summed E-state index contributed by atoms with van der Waals surface area (Å²) in [5.74, 6) is 0. The first-order valence-corrected chi connectivity index (χ1v) is 0. The molecule has 0 aromatic carbocycles. The monoisotopic (exact) mass is 203 g/mol. The largest absolute Gasteiger partial charge is 2.00 e. The van der Waals surface area contributed by atoms with Crippen molar-refractivity contribution in [3.63, 3.8) is 0 Å². The van der Waals surface area contributed by atoms with Crippen molar-refractivity contribution in [2.75, 3.05) is 0 Å². The molecule has 4 heteroatoms. The van der Waals surface area contributed by atoms with Gasteiger partial charge in [0.05, 0.1) is 0 Å². The molecule has 23 valence electrons. The van der Waals surface area contributed by atoms with Gasteiger partial charge in [0.15, 0.2) is 0 Å². The van der Waals surface area contributed by atoms with E-state index in [0.29, 0.717) is 0 Å². The van der Waals surface area contributed by atoms with Crippen LogP contribution in [0.5, 0.6) is 0 Å². The second-order valence-corrected chi connectivity index (χ2v) is 0. The second kappa shape index (κ2) is 18.1. The van der Waals surface area contributed by atoms with Crippen molar-refractivity contribution in [3.05, 3.63) is 0 Å². The molecule has 0 aromatic heterocycles. The number of rotatable bonds is 0. The van der Waals surface area contributed by atoms with Gasteiger partial charge in [-0.2, -0.15) is 0 Å². The van der Waals surface area contributed by atoms with Crippen molar-refractivity contribution in [3.8, 4) is 0 Å². The predicted molar refractivity (Wildman–Crippen MR) is 7.98 cm³/mol. The molecule has 0 rings (SSSR count). The van der Waals surface area contributed by atoms with Crippen LogP contribution in [0.3, 0.4) is 0 Å². The van der Waals surface area contributed by atoms with Crippen LogP contribution in [0.4, 0.5) is 0 Å². The van der Waals surface area contributed by atoms with Gasteiger partial charge in [-0.1, -0.05) is 0 Å². The minimum absolute atomic E-state index is 0. The Balaban J connectivity index is 0. The van der Waals surface area contributed by atoms with E-state index in [4.69, 9.17) is 0 Å². The Morgan fingerprint density at radius 2 is 1.25 bits per heavy atom. The quantitative estimate of drug-likeness (QED) is 0.482. The summed E-state index contributed by atoms with van der Waals surface area (Å²) in [4.78, 5) is 0. The molecule has 0 unspecified atom stereocenters. The van der Waals surface area contributed by atoms with Gasteiger partial charge in [0.2, 0.25) is 0 Å². The fourth-order valence-corrected chi connectivity index (χ4v) is 0. The minimum Gasteiger partial charge on any atom is -1.00 e. The molecule has 0 saturated carbocycles. The van der Waals surface area contributed by atoms with Crippen LogP contribution in [0.2, 0.25) is 0 Å². The third-order valence-corrected chi connectivity index (χ3v) is 0. The van der Waals surface area contributed by atoms with Crippen LogP contribution in [0.15, 0.2) is 0 Å². The first kappa shape index (κ1) is 32.4. The smallest absolute Gasteiger partial charge is 1.00 e. The van der Waals surface area contributed by atoms with E-state index in [-0.39, 0.29) is 78.9 Å². The molecule has 0 fully saturated rings. The van der Waals surface area contributed by atoms with Crippen LogP contribution >= 0.6 is 0 Å². The predicted octanol–water partition coefficient (Wildman–Crippen LogP) is -0.163. The maximum absolute atomic E-state index is 0. The normalized spacial score (nSPS) is 0. The van der Waals surface area contributed by atoms with Crippen LogP contribution in [0, 0.1) is 0 Å². The molecule has 1 radical (unpaired) electrons. The van der Waals surface area contributed by atoms with E-state index in [1.165, 1.54) is 0 Å². The Morgan fingerprint density at radius 3 is 1.25 bits per heavy atom. The third kappa shape index (κ3) is 8.83. The second-order valence-electron chi connectivity index (χ2n) is 0. The Hall–Kier alpha value is 2.40. The molecule has 0 saturated heterocycles. The van der Waals surface area contributed by atoms with E-state index >= 15 is 0 Å². The fourth-order valence-electron chi connectivity index (χ4n) is 0. The zero-order valence-electron chi connectivity index (χ0n) is 4.11. The molecule has 0 nitrogen and oxygen atoms in total. The van der Waals surface area contributed by atoms with Crippen LogP contribution in [0.1, 0.15) is 2.85 Å². The van der Waals surface area contributed by atoms with Gasteiger partial charge < -0.3 is 2.85 Å². The molecule has 0 aliphatic carbocycles. The van der Waals surface area contributed by atoms with E-state index in [2.05, 4.69) is 0 Å². The Bertz CT molecular complexity index is 13.5. The molecule has 0 bridgehead atoms. The molecule has 0 aromatic rings. The maximum atomic E-state index is 0. The van der Waals surface area contributed by atoms with E-state index < -0.39 is 0 Å². The van der Waals surface area contributed by atoms with Gasteiger partial charge >= 0.3 is 23.1 Å². The van der Waals surface area contributed by atoms with E-state index in [9.17, 15) is 0 Å². The standard InChI is InChI=1S/Mg.Mn.Ni.Zn.2H/q+2;;;;2*-1. The van der Waals surface area contributed by atoms with Crippen LogP contribution in [0.25, 0.3) is 0 Å². The zero-order valence-corrected chi connectivity index (χ0v) is 8.66. The first-order valence-electron chi connectivity index (χ1n) is 0. The van der Waals surface area contributed by atoms with Crippen molar-refractivity contribution in [1.29, 1.82) is 0 Å². The summed E-state index contributed by atoms with van der Waals surface area (Å²) in [7, 11) is 0. The Kier molecular flexibility index (Phi) is 147. The average Bonchev–Trinajstić information content (AvgIpc) is 0.